The second-order valence-corrected chi connectivity index (χ2v) is 11.3. The van der Waals surface area contributed by atoms with Crippen molar-refractivity contribution in [2.75, 3.05) is 17.4 Å². The first-order valence-corrected chi connectivity index (χ1v) is 14.5. The molecule has 202 valence electrons. The number of sulfonamides is 1. The van der Waals surface area contributed by atoms with E-state index in [1.165, 1.54) is 29.2 Å². The maximum atomic E-state index is 14.0. The van der Waals surface area contributed by atoms with Gasteiger partial charge >= 0.3 is 0 Å². The molecule has 0 aliphatic rings. The van der Waals surface area contributed by atoms with E-state index in [9.17, 15) is 18.0 Å². The molecule has 0 spiro atoms. The Kier molecular flexibility index (Phi) is 10.3. The summed E-state index contributed by atoms with van der Waals surface area (Å²) in [6.45, 7) is 5.77. The fourth-order valence-electron chi connectivity index (χ4n) is 4.16. The first kappa shape index (κ1) is 29.2. The maximum Gasteiger partial charge on any atom is 0.264 e. The van der Waals surface area contributed by atoms with Crippen LogP contribution in [-0.2, 0) is 26.2 Å². The number of amides is 2. The quantitative estimate of drug-likeness (QED) is 0.334. The highest BCUT2D eigenvalue weighted by atomic mass is 35.5. The van der Waals surface area contributed by atoms with E-state index in [0.717, 1.165) is 16.3 Å². The van der Waals surface area contributed by atoms with Gasteiger partial charge in [0.1, 0.15) is 12.6 Å². The van der Waals surface area contributed by atoms with Crippen molar-refractivity contribution >= 4 is 39.1 Å². The number of para-hydroxylation sites is 1. The van der Waals surface area contributed by atoms with Gasteiger partial charge in [-0.1, -0.05) is 74.0 Å². The number of rotatable bonds is 12. The van der Waals surface area contributed by atoms with E-state index in [0.29, 0.717) is 29.2 Å². The van der Waals surface area contributed by atoms with Crippen LogP contribution in [0, 0.1) is 6.92 Å². The van der Waals surface area contributed by atoms with Crippen molar-refractivity contribution in [3.63, 3.8) is 0 Å². The number of hydrogen-bond donors (Lipinski definition) is 1. The Morgan fingerprint density at radius 1 is 0.921 bits per heavy atom. The normalized spacial score (nSPS) is 12.0. The van der Waals surface area contributed by atoms with Crippen LogP contribution < -0.4 is 9.62 Å². The molecule has 3 rings (SSSR count). The number of benzene rings is 3. The van der Waals surface area contributed by atoms with Gasteiger partial charge in [0.05, 0.1) is 10.6 Å². The molecule has 3 aromatic carbocycles. The molecule has 0 saturated heterocycles. The lowest BCUT2D eigenvalue weighted by molar-refractivity contribution is -0.140. The molecule has 9 heteroatoms. The van der Waals surface area contributed by atoms with E-state index in [1.807, 2.05) is 44.2 Å². The van der Waals surface area contributed by atoms with E-state index < -0.39 is 28.5 Å². The summed E-state index contributed by atoms with van der Waals surface area (Å²) in [7, 11) is -4.14. The molecule has 0 aliphatic heterocycles. The molecule has 0 saturated carbocycles. The third-order valence-corrected chi connectivity index (χ3v) is 8.22. The van der Waals surface area contributed by atoms with E-state index in [-0.39, 0.29) is 17.3 Å². The number of halogens is 1. The minimum atomic E-state index is -4.14. The van der Waals surface area contributed by atoms with Crippen molar-refractivity contribution in [3.8, 4) is 0 Å². The molecular weight excluding hydrogens is 522 g/mol. The van der Waals surface area contributed by atoms with Gasteiger partial charge in [-0.15, -0.1) is 0 Å². The predicted octanol–water partition coefficient (Wildman–Crippen LogP) is 5.18. The largest absolute Gasteiger partial charge is 0.354 e. The fraction of sp³-hybridized carbons (Fsp3) is 0.310. The second kappa shape index (κ2) is 13.4. The highest BCUT2D eigenvalue weighted by Crippen LogP contribution is 2.28. The number of aryl methyl sites for hydroxylation is 1. The Bertz CT molecular complexity index is 1330. The van der Waals surface area contributed by atoms with E-state index in [1.54, 1.807) is 31.2 Å². The number of carbonyl (C=O) groups excluding carboxylic acids is 2. The molecular formula is C29H34ClN3O4S. The summed E-state index contributed by atoms with van der Waals surface area (Å²) < 4.78 is 28.8. The average molecular weight is 556 g/mol. The lowest BCUT2D eigenvalue weighted by atomic mass is 10.1. The first-order chi connectivity index (χ1) is 18.2. The van der Waals surface area contributed by atoms with Crippen LogP contribution in [0.4, 0.5) is 5.69 Å². The minimum absolute atomic E-state index is 0.0142. The van der Waals surface area contributed by atoms with Crippen molar-refractivity contribution in [2.45, 2.75) is 51.1 Å². The molecule has 0 bridgehead atoms. The van der Waals surface area contributed by atoms with Crippen LogP contribution in [0.25, 0.3) is 0 Å². The highest BCUT2D eigenvalue weighted by Gasteiger charge is 2.34. The SMILES string of the molecule is CCCNC(=O)[C@@H](CC)N(Cc1ccccc1)C(=O)CN(c1ccccc1C)S(=O)(=O)c1ccc(Cl)cc1. The van der Waals surface area contributed by atoms with Gasteiger partial charge < -0.3 is 10.2 Å². The summed E-state index contributed by atoms with van der Waals surface area (Å²) in [6.07, 6.45) is 1.14. The van der Waals surface area contributed by atoms with Crippen LogP contribution in [0.5, 0.6) is 0 Å². The third kappa shape index (κ3) is 7.14. The van der Waals surface area contributed by atoms with E-state index in [4.69, 9.17) is 11.6 Å². The van der Waals surface area contributed by atoms with Crippen molar-refractivity contribution < 1.29 is 18.0 Å². The Morgan fingerprint density at radius 2 is 1.55 bits per heavy atom. The maximum absolute atomic E-state index is 14.0. The summed E-state index contributed by atoms with van der Waals surface area (Å²) in [5, 5.41) is 3.29. The number of anilines is 1. The number of hydrogen-bond acceptors (Lipinski definition) is 4. The van der Waals surface area contributed by atoms with Gasteiger partial charge in [-0.05, 0) is 61.2 Å². The zero-order valence-corrected chi connectivity index (χ0v) is 23.5. The van der Waals surface area contributed by atoms with Gasteiger partial charge in [-0.3, -0.25) is 13.9 Å². The van der Waals surface area contributed by atoms with Crippen LogP contribution >= 0.6 is 11.6 Å². The predicted molar refractivity (Wildman–Crippen MR) is 152 cm³/mol. The molecule has 0 unspecified atom stereocenters. The van der Waals surface area contributed by atoms with Crippen LogP contribution in [0.2, 0.25) is 5.02 Å². The van der Waals surface area contributed by atoms with Gasteiger partial charge in [0.2, 0.25) is 11.8 Å². The lowest BCUT2D eigenvalue weighted by Gasteiger charge is -2.33. The standard InChI is InChI=1S/C29H34ClN3O4S/c1-4-19-31-29(35)26(5-2)32(20-23-12-7-6-8-13-23)28(34)21-33(27-14-10-9-11-22(27)3)38(36,37)25-17-15-24(30)16-18-25/h6-18,26H,4-5,19-21H2,1-3H3,(H,31,35)/t26-/m1/s1. The molecule has 0 heterocycles. The van der Waals surface area contributed by atoms with Gasteiger partial charge in [0, 0.05) is 18.1 Å². The molecule has 1 N–H and O–H groups in total. The second-order valence-electron chi connectivity index (χ2n) is 8.97. The van der Waals surface area contributed by atoms with E-state index in [2.05, 4.69) is 5.32 Å². The molecule has 2 amide bonds. The summed E-state index contributed by atoms with van der Waals surface area (Å²) in [6, 6.07) is 21.4. The summed E-state index contributed by atoms with van der Waals surface area (Å²) in [5.74, 6) is -0.741. The molecule has 3 aromatic rings. The van der Waals surface area contributed by atoms with E-state index >= 15 is 0 Å². The summed E-state index contributed by atoms with van der Waals surface area (Å²) >= 11 is 6.00. The van der Waals surface area contributed by atoms with Crippen LogP contribution in [0.15, 0.2) is 83.8 Å². The number of carbonyl (C=O) groups is 2. The molecule has 0 fully saturated rings. The Labute approximate surface area is 230 Å². The first-order valence-electron chi connectivity index (χ1n) is 12.6. The molecule has 0 radical (unpaired) electrons. The average Bonchev–Trinajstić information content (AvgIpc) is 2.91. The molecule has 0 aromatic heterocycles. The van der Waals surface area contributed by atoms with Crippen molar-refractivity contribution in [2.24, 2.45) is 0 Å². The fourth-order valence-corrected chi connectivity index (χ4v) is 5.76. The van der Waals surface area contributed by atoms with Gasteiger partial charge in [0.15, 0.2) is 0 Å². The Hall–Kier alpha value is -3.36. The molecule has 38 heavy (non-hydrogen) atoms. The van der Waals surface area contributed by atoms with Gasteiger partial charge in [-0.2, -0.15) is 0 Å². The zero-order valence-electron chi connectivity index (χ0n) is 21.9. The van der Waals surface area contributed by atoms with Crippen LogP contribution in [-0.4, -0.2) is 44.3 Å². The number of nitrogens with one attached hydrogen (secondary N) is 1. The monoisotopic (exact) mass is 555 g/mol. The minimum Gasteiger partial charge on any atom is -0.354 e. The van der Waals surface area contributed by atoms with Gasteiger partial charge in [0.25, 0.3) is 10.0 Å². The van der Waals surface area contributed by atoms with Crippen LogP contribution in [0.3, 0.4) is 0 Å². The Morgan fingerprint density at radius 3 is 2.16 bits per heavy atom. The lowest BCUT2D eigenvalue weighted by Crippen LogP contribution is -2.52. The third-order valence-electron chi connectivity index (χ3n) is 6.20. The van der Waals surface area contributed by atoms with Crippen molar-refractivity contribution in [1.82, 2.24) is 10.2 Å². The van der Waals surface area contributed by atoms with Crippen molar-refractivity contribution in [1.29, 1.82) is 0 Å². The van der Waals surface area contributed by atoms with Crippen molar-refractivity contribution in [3.05, 3.63) is 95.0 Å². The molecule has 0 aliphatic carbocycles. The molecule has 1 atom stereocenters. The molecule has 7 nitrogen and oxygen atoms in total. The Balaban J connectivity index is 2.05. The summed E-state index contributed by atoms with van der Waals surface area (Å²) in [4.78, 5) is 28.5. The number of nitrogens with zero attached hydrogens (tertiary/aromatic N) is 2. The smallest absolute Gasteiger partial charge is 0.264 e. The van der Waals surface area contributed by atoms with Gasteiger partial charge in [-0.25, -0.2) is 8.42 Å². The zero-order chi connectivity index (χ0) is 27.7. The highest BCUT2D eigenvalue weighted by molar-refractivity contribution is 7.92. The summed E-state index contributed by atoms with van der Waals surface area (Å²) in [5.41, 5.74) is 1.92. The van der Waals surface area contributed by atoms with Crippen LogP contribution in [0.1, 0.15) is 37.8 Å². The topological polar surface area (TPSA) is 86.8 Å².